The van der Waals surface area contributed by atoms with E-state index in [0.29, 0.717) is 17.5 Å². The summed E-state index contributed by atoms with van der Waals surface area (Å²) in [5.41, 5.74) is 0.197. The van der Waals surface area contributed by atoms with Gasteiger partial charge in [-0.15, -0.1) is 0 Å². The molecule has 6 rings (SSSR count). The predicted octanol–water partition coefficient (Wildman–Crippen LogP) is 2.60. The van der Waals surface area contributed by atoms with E-state index in [4.69, 9.17) is 11.6 Å². The SMILES string of the molecule is O=C(O)c1cc(N2C(=O)[C@@H]3[C@H]4C=C[C@@H]([C@@H]5C[C@@H]45)[C@@H]3C2=O)ccc1Cl. The van der Waals surface area contributed by atoms with Gasteiger partial charge in [-0.25, -0.2) is 9.69 Å². The zero-order valence-corrected chi connectivity index (χ0v) is 13.3. The number of amides is 2. The molecule has 6 heteroatoms. The second kappa shape index (κ2) is 4.48. The third-order valence-electron chi connectivity index (χ3n) is 6.10. The predicted molar refractivity (Wildman–Crippen MR) is 85.6 cm³/mol. The van der Waals surface area contributed by atoms with Crippen molar-refractivity contribution in [2.75, 3.05) is 4.90 Å². The molecule has 0 unspecified atom stereocenters. The largest absolute Gasteiger partial charge is 0.478 e. The van der Waals surface area contributed by atoms with Gasteiger partial charge in [-0.3, -0.25) is 9.59 Å². The van der Waals surface area contributed by atoms with Crippen LogP contribution in [0.2, 0.25) is 5.02 Å². The monoisotopic (exact) mass is 343 g/mol. The van der Waals surface area contributed by atoms with Gasteiger partial charge in [-0.2, -0.15) is 0 Å². The molecule has 5 aliphatic rings. The van der Waals surface area contributed by atoms with Crippen molar-refractivity contribution in [1.82, 2.24) is 0 Å². The van der Waals surface area contributed by atoms with Crippen LogP contribution in [0.15, 0.2) is 30.4 Å². The number of hydrogen-bond donors (Lipinski definition) is 1. The maximum atomic E-state index is 13.0. The lowest BCUT2D eigenvalue weighted by Crippen LogP contribution is -2.40. The van der Waals surface area contributed by atoms with Crippen LogP contribution in [-0.2, 0) is 9.59 Å². The number of nitrogens with zero attached hydrogens (tertiary/aromatic N) is 1. The minimum Gasteiger partial charge on any atom is -0.478 e. The summed E-state index contributed by atoms with van der Waals surface area (Å²) in [7, 11) is 0. The van der Waals surface area contributed by atoms with Crippen molar-refractivity contribution >= 4 is 35.1 Å². The van der Waals surface area contributed by atoms with Crippen LogP contribution in [0.25, 0.3) is 0 Å². The lowest BCUT2D eigenvalue weighted by molar-refractivity contribution is -0.124. The molecule has 2 bridgehead atoms. The van der Waals surface area contributed by atoms with Crippen molar-refractivity contribution in [3.05, 3.63) is 40.9 Å². The van der Waals surface area contributed by atoms with E-state index < -0.39 is 5.97 Å². The van der Waals surface area contributed by atoms with Gasteiger partial charge >= 0.3 is 5.97 Å². The van der Waals surface area contributed by atoms with Crippen LogP contribution < -0.4 is 4.90 Å². The number of carboxylic acid groups (broad SMARTS) is 1. The number of hydrogen-bond acceptors (Lipinski definition) is 3. The lowest BCUT2D eigenvalue weighted by Gasteiger charge is -2.37. The number of allylic oxidation sites excluding steroid dienone is 2. The highest BCUT2D eigenvalue weighted by molar-refractivity contribution is 6.34. The first-order valence-corrected chi connectivity index (χ1v) is 8.46. The molecule has 5 nitrogen and oxygen atoms in total. The van der Waals surface area contributed by atoms with Crippen LogP contribution in [0, 0.1) is 35.5 Å². The highest BCUT2D eigenvalue weighted by Gasteiger charge is 2.67. The van der Waals surface area contributed by atoms with Crippen LogP contribution in [-0.4, -0.2) is 22.9 Å². The average molecular weight is 344 g/mol. The molecule has 6 atom stereocenters. The second-order valence-electron chi connectivity index (χ2n) is 7.14. The summed E-state index contributed by atoms with van der Waals surface area (Å²) in [5.74, 6) is -0.783. The number of carbonyl (C=O) groups excluding carboxylic acids is 2. The number of imide groups is 1. The fourth-order valence-corrected chi connectivity index (χ4v) is 5.23. The van der Waals surface area contributed by atoms with Gasteiger partial charge < -0.3 is 5.11 Å². The minimum absolute atomic E-state index is 0.0886. The summed E-state index contributed by atoms with van der Waals surface area (Å²) in [6, 6.07) is 4.28. The molecule has 1 heterocycles. The average Bonchev–Trinajstić information content (AvgIpc) is 3.33. The lowest BCUT2D eigenvalue weighted by atomic mass is 9.63. The Morgan fingerprint density at radius 3 is 2.21 bits per heavy atom. The zero-order valence-electron chi connectivity index (χ0n) is 12.6. The van der Waals surface area contributed by atoms with E-state index in [1.54, 1.807) is 0 Å². The highest BCUT2D eigenvalue weighted by atomic mass is 35.5. The molecule has 1 saturated heterocycles. The molecule has 1 aromatic carbocycles. The summed E-state index contributed by atoms with van der Waals surface area (Å²) >= 11 is 5.89. The van der Waals surface area contributed by atoms with Gasteiger partial charge in [0.05, 0.1) is 28.1 Å². The highest BCUT2D eigenvalue weighted by Crippen LogP contribution is 2.65. The van der Waals surface area contributed by atoms with Crippen LogP contribution in [0.5, 0.6) is 0 Å². The maximum Gasteiger partial charge on any atom is 0.337 e. The molecule has 24 heavy (non-hydrogen) atoms. The second-order valence-corrected chi connectivity index (χ2v) is 7.54. The zero-order chi connectivity index (χ0) is 16.7. The fraction of sp³-hybridized carbons (Fsp3) is 0.389. The van der Waals surface area contributed by atoms with Crippen LogP contribution in [0.1, 0.15) is 16.8 Å². The van der Waals surface area contributed by atoms with Gasteiger partial charge in [-0.05, 0) is 48.3 Å². The number of rotatable bonds is 2. The molecule has 1 aromatic rings. The number of carboxylic acids is 1. The van der Waals surface area contributed by atoms with Crippen molar-refractivity contribution in [3.63, 3.8) is 0 Å². The molecule has 1 aliphatic heterocycles. The van der Waals surface area contributed by atoms with E-state index in [2.05, 4.69) is 12.2 Å². The molecule has 3 fully saturated rings. The van der Waals surface area contributed by atoms with Gasteiger partial charge in [0.2, 0.25) is 11.8 Å². The molecule has 1 N–H and O–H groups in total. The van der Waals surface area contributed by atoms with Crippen molar-refractivity contribution in [1.29, 1.82) is 0 Å². The molecular formula is C18H14ClNO4. The quantitative estimate of drug-likeness (QED) is 0.661. The Morgan fingerprint density at radius 1 is 1.08 bits per heavy atom. The number of anilines is 1. The first-order chi connectivity index (χ1) is 11.5. The topological polar surface area (TPSA) is 74.7 Å². The van der Waals surface area contributed by atoms with Crippen LogP contribution in [0.4, 0.5) is 5.69 Å². The molecule has 0 aromatic heterocycles. The van der Waals surface area contributed by atoms with Gasteiger partial charge in [0, 0.05) is 0 Å². The summed E-state index contributed by atoms with van der Waals surface area (Å²) < 4.78 is 0. The Labute approximate surface area is 142 Å². The summed E-state index contributed by atoms with van der Waals surface area (Å²) in [4.78, 5) is 38.4. The number of carbonyl (C=O) groups is 3. The summed E-state index contributed by atoms with van der Waals surface area (Å²) in [6.45, 7) is 0. The van der Waals surface area contributed by atoms with Gasteiger partial charge in [0.1, 0.15) is 0 Å². The van der Waals surface area contributed by atoms with E-state index in [1.807, 2.05) is 0 Å². The van der Waals surface area contributed by atoms with Crippen molar-refractivity contribution in [2.45, 2.75) is 6.42 Å². The van der Waals surface area contributed by atoms with E-state index in [-0.39, 0.29) is 46.1 Å². The Hall–Kier alpha value is -2.14. The summed E-state index contributed by atoms with van der Waals surface area (Å²) in [6.07, 6.45) is 5.33. The van der Waals surface area contributed by atoms with Crippen molar-refractivity contribution in [2.24, 2.45) is 35.5 Å². The van der Waals surface area contributed by atoms with E-state index in [1.165, 1.54) is 23.1 Å². The number of benzene rings is 1. The maximum absolute atomic E-state index is 13.0. The van der Waals surface area contributed by atoms with E-state index in [9.17, 15) is 19.5 Å². The van der Waals surface area contributed by atoms with Crippen molar-refractivity contribution < 1.29 is 19.5 Å². The first kappa shape index (κ1) is 14.2. The first-order valence-electron chi connectivity index (χ1n) is 8.08. The van der Waals surface area contributed by atoms with Gasteiger partial charge in [0.15, 0.2) is 0 Å². The van der Waals surface area contributed by atoms with Crippen molar-refractivity contribution in [3.8, 4) is 0 Å². The smallest absolute Gasteiger partial charge is 0.337 e. The van der Waals surface area contributed by atoms with E-state index >= 15 is 0 Å². The Kier molecular flexibility index (Phi) is 2.65. The Morgan fingerprint density at radius 2 is 1.67 bits per heavy atom. The standard InChI is InChI=1S/C18H14ClNO4/c19-13-4-1-7(5-12(13)18(23)24)20-16(21)14-8-2-3-9(11-6-10(8)11)15(14)17(20)22/h1-5,8-11,14-15H,6H2,(H,23,24)/t8-,9-,10-,11-,14-,15+/m0/s1. The fourth-order valence-electron chi connectivity index (χ4n) is 5.03. The number of halogens is 1. The summed E-state index contributed by atoms with van der Waals surface area (Å²) in [5, 5.41) is 9.31. The van der Waals surface area contributed by atoms with Crippen LogP contribution in [0.3, 0.4) is 0 Å². The molecule has 122 valence electrons. The minimum atomic E-state index is -1.18. The Balaban J connectivity index is 1.57. The normalized spacial score (nSPS) is 38.3. The van der Waals surface area contributed by atoms with Gasteiger partial charge in [0.25, 0.3) is 0 Å². The third kappa shape index (κ3) is 1.63. The third-order valence-corrected chi connectivity index (χ3v) is 6.43. The molecule has 2 saturated carbocycles. The van der Waals surface area contributed by atoms with Crippen LogP contribution >= 0.6 is 11.6 Å². The molecule has 0 radical (unpaired) electrons. The van der Waals surface area contributed by atoms with Gasteiger partial charge in [-0.1, -0.05) is 23.8 Å². The molecular weight excluding hydrogens is 330 g/mol. The number of aromatic carboxylic acids is 1. The molecule has 2 amide bonds. The Bertz CT molecular complexity index is 811. The molecule has 0 spiro atoms. The molecule has 4 aliphatic carbocycles. The van der Waals surface area contributed by atoms with E-state index in [0.717, 1.165) is 6.42 Å².